The van der Waals surface area contributed by atoms with E-state index in [9.17, 15) is 13.5 Å². The van der Waals surface area contributed by atoms with Gasteiger partial charge in [0.1, 0.15) is 5.25 Å². The first-order valence-electron chi connectivity index (χ1n) is 11.8. The van der Waals surface area contributed by atoms with Gasteiger partial charge in [0.25, 0.3) is 0 Å². The first-order valence-corrected chi connectivity index (χ1v) is 13.3. The Morgan fingerprint density at radius 3 is 2.74 bits per heavy atom. The van der Waals surface area contributed by atoms with Crippen LogP contribution in [0.5, 0.6) is 0 Å². The van der Waals surface area contributed by atoms with Crippen LogP contribution in [-0.2, 0) is 10.0 Å². The van der Waals surface area contributed by atoms with Gasteiger partial charge < -0.3 is 15.7 Å². The molecule has 0 aromatic carbocycles. The molecular weight excluding hydrogens is 418 g/mol. The zero-order valence-electron chi connectivity index (χ0n) is 19.1. The number of sulfonamides is 1. The molecule has 3 aliphatic heterocycles. The third-order valence-corrected chi connectivity index (χ3v) is 9.28. The minimum Gasteiger partial charge on any atom is -0.394 e. The Morgan fingerprint density at radius 1 is 1.16 bits per heavy atom. The van der Waals surface area contributed by atoms with Crippen LogP contribution in [0.25, 0.3) is 0 Å². The lowest BCUT2D eigenvalue weighted by molar-refractivity contribution is 0.0890. The minimum absolute atomic E-state index is 0.0279. The molecule has 0 spiro atoms. The van der Waals surface area contributed by atoms with Crippen molar-refractivity contribution in [2.45, 2.75) is 81.0 Å². The van der Waals surface area contributed by atoms with Gasteiger partial charge in [0.15, 0.2) is 0 Å². The molecule has 1 aliphatic carbocycles. The van der Waals surface area contributed by atoms with Crippen LogP contribution < -0.4 is 26.2 Å². The zero-order valence-corrected chi connectivity index (χ0v) is 19.9. The fourth-order valence-electron chi connectivity index (χ4n) is 5.76. The average Bonchev–Trinajstić information content (AvgIpc) is 3.36. The van der Waals surface area contributed by atoms with Gasteiger partial charge in [-0.05, 0) is 52.0 Å². The van der Waals surface area contributed by atoms with E-state index in [2.05, 4.69) is 36.2 Å². The fraction of sp³-hybridized carbons (Fsp3) is 1.00. The second-order valence-corrected chi connectivity index (χ2v) is 12.4. The highest BCUT2D eigenvalue weighted by atomic mass is 32.2. The summed E-state index contributed by atoms with van der Waals surface area (Å²) in [6.45, 7) is 6.79. The third-order valence-electron chi connectivity index (χ3n) is 7.46. The lowest BCUT2D eigenvalue weighted by Gasteiger charge is -2.39. The van der Waals surface area contributed by atoms with Gasteiger partial charge in [0.2, 0.25) is 10.0 Å². The van der Waals surface area contributed by atoms with Gasteiger partial charge in [-0.15, -0.1) is 0 Å². The van der Waals surface area contributed by atoms with Crippen molar-refractivity contribution >= 4 is 10.0 Å². The number of aliphatic hydroxyl groups excluding tert-OH is 1. The Hall–Kier alpha value is -0.370. The fourth-order valence-corrected chi connectivity index (χ4v) is 7.28. The van der Waals surface area contributed by atoms with E-state index >= 15 is 0 Å². The number of rotatable bonds is 7. The summed E-state index contributed by atoms with van der Waals surface area (Å²) in [7, 11) is -1.40. The minimum atomic E-state index is -3.42. The monoisotopic (exact) mass is 459 g/mol. The van der Waals surface area contributed by atoms with Crippen LogP contribution in [0.3, 0.4) is 0 Å². The van der Waals surface area contributed by atoms with E-state index in [-0.39, 0.29) is 36.4 Å². The van der Waals surface area contributed by atoms with Gasteiger partial charge in [-0.1, -0.05) is 6.42 Å². The van der Waals surface area contributed by atoms with Gasteiger partial charge in [-0.2, -0.15) is 0 Å². The van der Waals surface area contributed by atoms with E-state index in [0.717, 1.165) is 45.2 Å². The van der Waals surface area contributed by atoms with Crippen molar-refractivity contribution in [1.82, 2.24) is 36.2 Å². The molecule has 4 rings (SSSR count). The number of piperidine rings is 1. The van der Waals surface area contributed by atoms with Crippen molar-refractivity contribution in [2.75, 3.05) is 39.8 Å². The van der Waals surface area contributed by atoms with Crippen molar-refractivity contribution < 1.29 is 13.5 Å². The standard InChI is InChI=1S/C20H41N7O3S/c1-20(2,13-28)24-15-7-8-21-18(9-15)27-12-16(11-23-27)31(29,30)25-17-6-4-5-14-10-22-26(3)19(14)17/h14-19,21-25,28H,4-13H2,1-3H3. The van der Waals surface area contributed by atoms with Gasteiger partial charge in [0, 0.05) is 50.3 Å². The molecule has 6 unspecified atom stereocenters. The molecule has 6 atom stereocenters. The van der Waals surface area contributed by atoms with Crippen molar-refractivity contribution in [2.24, 2.45) is 5.92 Å². The Kier molecular flexibility index (Phi) is 7.27. The quantitative estimate of drug-likeness (QED) is 0.271. The smallest absolute Gasteiger partial charge is 0.217 e. The number of nitrogens with one attached hydrogen (secondary N) is 5. The highest BCUT2D eigenvalue weighted by Crippen LogP contribution is 2.31. The third kappa shape index (κ3) is 5.42. The molecule has 6 N–H and O–H groups in total. The predicted octanol–water partition coefficient (Wildman–Crippen LogP) is -1.48. The molecule has 180 valence electrons. The molecule has 31 heavy (non-hydrogen) atoms. The molecule has 0 amide bonds. The summed E-state index contributed by atoms with van der Waals surface area (Å²) in [5.74, 6) is 0.517. The Labute approximate surface area is 186 Å². The van der Waals surface area contributed by atoms with E-state index < -0.39 is 15.3 Å². The van der Waals surface area contributed by atoms with E-state index in [1.807, 2.05) is 20.9 Å². The van der Waals surface area contributed by atoms with E-state index in [1.165, 1.54) is 0 Å². The maximum atomic E-state index is 13.2. The van der Waals surface area contributed by atoms with Crippen LogP contribution in [0.4, 0.5) is 0 Å². The largest absolute Gasteiger partial charge is 0.394 e. The topological polar surface area (TPSA) is 121 Å². The summed E-state index contributed by atoms with van der Waals surface area (Å²) in [5, 5.41) is 20.3. The van der Waals surface area contributed by atoms with E-state index in [0.29, 0.717) is 19.0 Å². The Bertz CT molecular complexity index is 720. The molecule has 0 bridgehead atoms. The molecule has 10 nitrogen and oxygen atoms in total. The van der Waals surface area contributed by atoms with Crippen LogP contribution in [0.1, 0.15) is 46.0 Å². The average molecular weight is 460 g/mol. The van der Waals surface area contributed by atoms with Crippen molar-refractivity contribution in [3.8, 4) is 0 Å². The molecule has 0 aromatic heterocycles. The molecule has 4 fully saturated rings. The van der Waals surface area contributed by atoms with Gasteiger partial charge in [0.05, 0.1) is 12.8 Å². The van der Waals surface area contributed by atoms with Crippen molar-refractivity contribution in [3.63, 3.8) is 0 Å². The summed E-state index contributed by atoms with van der Waals surface area (Å²) in [5.41, 5.74) is 6.37. The number of hydrogen-bond donors (Lipinski definition) is 6. The number of fused-ring (bicyclic) bond motifs is 1. The summed E-state index contributed by atoms with van der Waals surface area (Å²) in [4.78, 5) is 0. The number of likely N-dealkylation sites (N-methyl/N-ethyl adjacent to an activating group) is 1. The first kappa shape index (κ1) is 23.8. The van der Waals surface area contributed by atoms with Crippen LogP contribution in [0, 0.1) is 5.92 Å². The van der Waals surface area contributed by atoms with E-state index in [1.54, 1.807) is 0 Å². The number of hydrazine groups is 2. The van der Waals surface area contributed by atoms with Crippen LogP contribution in [0.15, 0.2) is 0 Å². The maximum Gasteiger partial charge on any atom is 0.217 e. The lowest BCUT2D eigenvalue weighted by atomic mass is 9.82. The molecule has 11 heteroatoms. The molecule has 3 saturated heterocycles. The van der Waals surface area contributed by atoms with Crippen LogP contribution >= 0.6 is 0 Å². The van der Waals surface area contributed by atoms with Crippen molar-refractivity contribution in [1.29, 1.82) is 0 Å². The van der Waals surface area contributed by atoms with Gasteiger partial charge in [-0.25, -0.2) is 23.2 Å². The van der Waals surface area contributed by atoms with Crippen LogP contribution in [0.2, 0.25) is 0 Å². The highest BCUT2D eigenvalue weighted by Gasteiger charge is 2.44. The Balaban J connectivity index is 1.33. The molecular formula is C20H41N7O3S. The molecule has 1 saturated carbocycles. The summed E-state index contributed by atoms with van der Waals surface area (Å²) in [6, 6.07) is 0.490. The summed E-state index contributed by atoms with van der Waals surface area (Å²) in [6.07, 6.45) is 5.06. The Morgan fingerprint density at radius 2 is 1.97 bits per heavy atom. The predicted molar refractivity (Wildman–Crippen MR) is 120 cm³/mol. The molecule has 4 aliphatic rings. The highest BCUT2D eigenvalue weighted by molar-refractivity contribution is 7.90. The number of hydrogen-bond acceptors (Lipinski definition) is 9. The first-order chi connectivity index (χ1) is 14.7. The van der Waals surface area contributed by atoms with Crippen molar-refractivity contribution in [3.05, 3.63) is 0 Å². The summed E-state index contributed by atoms with van der Waals surface area (Å²) >= 11 is 0. The van der Waals surface area contributed by atoms with Gasteiger partial charge >= 0.3 is 0 Å². The number of nitrogens with zero attached hydrogens (tertiary/aromatic N) is 2. The normalized spacial score (nSPS) is 38.5. The zero-order chi connectivity index (χ0) is 22.2. The van der Waals surface area contributed by atoms with E-state index in [4.69, 9.17) is 0 Å². The second-order valence-electron chi connectivity index (χ2n) is 10.4. The van der Waals surface area contributed by atoms with Crippen LogP contribution in [-0.4, -0.2) is 98.5 Å². The SMILES string of the molecule is CN1NCC2CCCC(NS(=O)(=O)C3CNN(C4CC(NC(C)(C)CO)CCN4)C3)C21. The van der Waals surface area contributed by atoms with Gasteiger partial charge in [-0.3, -0.25) is 10.9 Å². The lowest BCUT2D eigenvalue weighted by Crippen LogP contribution is -2.59. The molecule has 0 aromatic rings. The maximum absolute atomic E-state index is 13.2. The summed E-state index contributed by atoms with van der Waals surface area (Å²) < 4.78 is 29.5. The molecule has 3 heterocycles. The molecule has 0 radical (unpaired) electrons. The number of aliphatic hydroxyl groups is 1. The second kappa shape index (κ2) is 9.47.